The zero-order valence-electron chi connectivity index (χ0n) is 19.2. The third-order valence-corrected chi connectivity index (χ3v) is 5.73. The molecule has 2 heteroatoms. The Morgan fingerprint density at radius 3 is 1.45 bits per heavy atom. The predicted molar refractivity (Wildman–Crippen MR) is 127 cm³/mol. The van der Waals surface area contributed by atoms with Gasteiger partial charge in [0.15, 0.2) is 0 Å². The normalized spacial score (nSPS) is 13.0. The largest absolute Gasteiger partial charge is 0.358 e. The van der Waals surface area contributed by atoms with E-state index in [0.29, 0.717) is 0 Å². The molecule has 0 unspecified atom stereocenters. The van der Waals surface area contributed by atoms with Gasteiger partial charge in [-0.2, -0.15) is 48.7 Å². The molecule has 1 saturated carbocycles. The van der Waals surface area contributed by atoms with Gasteiger partial charge in [0, 0.05) is 65.4 Å². The van der Waals surface area contributed by atoms with Crippen molar-refractivity contribution in [3.05, 3.63) is 128 Å². The van der Waals surface area contributed by atoms with Gasteiger partial charge in [-0.25, -0.2) is 0 Å². The third kappa shape index (κ3) is 10.1. The van der Waals surface area contributed by atoms with E-state index < -0.39 is 0 Å². The maximum absolute atomic E-state index is 3.08. The van der Waals surface area contributed by atoms with Crippen LogP contribution in [0.25, 0.3) is 0 Å². The molecule has 0 saturated heterocycles. The molecule has 0 aliphatic heterocycles. The van der Waals surface area contributed by atoms with Crippen LogP contribution in [0.5, 0.6) is 0 Å². The van der Waals surface area contributed by atoms with Crippen LogP contribution in [-0.4, -0.2) is 0 Å². The Labute approximate surface area is 241 Å². The summed E-state index contributed by atoms with van der Waals surface area (Å²) in [5.41, 5.74) is 7.00. The number of rotatable bonds is 6. The Balaban J connectivity index is 0.00000225. The second-order valence-corrected chi connectivity index (χ2v) is 7.91. The molecule has 0 heterocycles. The standard InChI is InChI=1S/C27H28.2CH3.2Y/c1-3-7-22(8-4-1)19-24-11-15-26(16-12-24)21-27-17-13-25(14-18-27)20-23-9-5-2-6-10-23;;;;/h1,5-6,9-18,22H,3-4,7-8,19-21H2;2*1H3;;/q-2;2*-1;;. The minimum atomic E-state index is 0. The first kappa shape index (κ1) is 30.9. The minimum absolute atomic E-state index is 0. The van der Waals surface area contributed by atoms with Crippen LogP contribution in [-0.2, 0) is 84.7 Å². The van der Waals surface area contributed by atoms with Crippen LogP contribution in [0.2, 0.25) is 0 Å². The fourth-order valence-electron chi connectivity index (χ4n) is 4.11. The fraction of sp³-hybridized carbons (Fsp3) is 0.276. The van der Waals surface area contributed by atoms with Crippen LogP contribution in [0, 0.1) is 33.3 Å². The van der Waals surface area contributed by atoms with Gasteiger partial charge in [-0.1, -0.05) is 61.4 Å². The average molecular weight is 560 g/mol. The molecule has 0 bridgehead atoms. The number of benzene rings is 3. The molecule has 31 heavy (non-hydrogen) atoms. The van der Waals surface area contributed by atoms with Crippen molar-refractivity contribution < 1.29 is 65.4 Å². The van der Waals surface area contributed by atoms with Crippen LogP contribution < -0.4 is 0 Å². The van der Waals surface area contributed by atoms with E-state index in [1.807, 2.05) is 12.1 Å². The molecule has 3 aromatic carbocycles. The first-order valence-electron chi connectivity index (χ1n) is 10.3. The molecule has 0 N–H and O–H groups in total. The Morgan fingerprint density at radius 2 is 1.00 bits per heavy atom. The van der Waals surface area contributed by atoms with Gasteiger partial charge >= 0.3 is 0 Å². The molecule has 2 radical (unpaired) electrons. The van der Waals surface area contributed by atoms with Crippen LogP contribution in [0.15, 0.2) is 72.8 Å². The van der Waals surface area contributed by atoms with Gasteiger partial charge < -0.3 is 21.3 Å². The second-order valence-electron chi connectivity index (χ2n) is 7.91. The van der Waals surface area contributed by atoms with Crippen molar-refractivity contribution in [3.8, 4) is 0 Å². The predicted octanol–water partition coefficient (Wildman–Crippen LogP) is 7.50. The van der Waals surface area contributed by atoms with Crippen molar-refractivity contribution in [2.45, 2.75) is 44.9 Å². The van der Waals surface area contributed by atoms with Crippen molar-refractivity contribution in [3.63, 3.8) is 0 Å². The zero-order valence-corrected chi connectivity index (χ0v) is 24.9. The summed E-state index contributed by atoms with van der Waals surface area (Å²) in [5, 5.41) is 0. The van der Waals surface area contributed by atoms with Gasteiger partial charge in [0.05, 0.1) is 0 Å². The summed E-state index contributed by atoms with van der Waals surface area (Å²) in [6.45, 7) is 0. The molecule has 160 valence electrons. The molecule has 0 spiro atoms. The average Bonchev–Trinajstić information content (AvgIpc) is 2.73. The zero-order chi connectivity index (χ0) is 18.3. The molecule has 1 aliphatic rings. The van der Waals surface area contributed by atoms with Crippen molar-refractivity contribution >= 4 is 0 Å². The second kappa shape index (κ2) is 16.5. The SMILES string of the molecule is [CH3-].[CH3-].[Y].[Y].[c-]1ccc(Cc2ccc(Cc3ccc(CC4CC[CH-]CC4)cc3)cc2)cc1. The van der Waals surface area contributed by atoms with E-state index >= 15 is 0 Å². The Bertz CT molecular complexity index is 817. The van der Waals surface area contributed by atoms with E-state index in [1.54, 1.807) is 0 Å². The molecule has 0 atom stereocenters. The van der Waals surface area contributed by atoms with Crippen molar-refractivity contribution in [1.82, 2.24) is 0 Å². The van der Waals surface area contributed by atoms with Crippen molar-refractivity contribution in [2.24, 2.45) is 5.92 Å². The van der Waals surface area contributed by atoms with E-state index in [4.69, 9.17) is 0 Å². The molecule has 1 fully saturated rings. The van der Waals surface area contributed by atoms with Crippen molar-refractivity contribution in [1.29, 1.82) is 0 Å². The summed E-state index contributed by atoms with van der Waals surface area (Å²) in [7, 11) is 0. The van der Waals surface area contributed by atoms with Crippen molar-refractivity contribution in [2.75, 3.05) is 0 Å². The van der Waals surface area contributed by atoms with Gasteiger partial charge in [-0.15, -0.1) is 0 Å². The Kier molecular flexibility index (Phi) is 16.4. The topological polar surface area (TPSA) is 0 Å². The number of hydrogen-bond acceptors (Lipinski definition) is 0. The Morgan fingerprint density at radius 1 is 0.613 bits per heavy atom. The van der Waals surface area contributed by atoms with Gasteiger partial charge in [0.25, 0.3) is 0 Å². The molecule has 0 aromatic heterocycles. The van der Waals surface area contributed by atoms with Gasteiger partial charge in [0.1, 0.15) is 0 Å². The summed E-state index contributed by atoms with van der Waals surface area (Å²) in [6, 6.07) is 29.7. The van der Waals surface area contributed by atoms with E-state index in [2.05, 4.69) is 73.2 Å². The monoisotopic (exact) mass is 560 g/mol. The minimum Gasteiger partial charge on any atom is -0.358 e. The van der Waals surface area contributed by atoms with Gasteiger partial charge in [-0.3, -0.25) is 0 Å². The number of hydrogen-bond donors (Lipinski definition) is 0. The summed E-state index contributed by atoms with van der Waals surface area (Å²) in [5.74, 6) is 0.885. The van der Waals surface area contributed by atoms with Crippen LogP contribution >= 0.6 is 0 Å². The summed E-state index contributed by atoms with van der Waals surface area (Å²) in [4.78, 5) is 0. The molecule has 4 rings (SSSR count). The molecular weight excluding hydrogens is 526 g/mol. The van der Waals surface area contributed by atoms with Gasteiger partial charge in [-0.05, 0) is 47.4 Å². The maximum atomic E-state index is 3.08. The molecule has 0 nitrogen and oxygen atoms in total. The van der Waals surface area contributed by atoms with Gasteiger partial charge in [0.2, 0.25) is 0 Å². The Hall–Kier alpha value is -0.132. The third-order valence-electron chi connectivity index (χ3n) is 5.73. The van der Waals surface area contributed by atoms with E-state index in [9.17, 15) is 0 Å². The summed E-state index contributed by atoms with van der Waals surface area (Å²) >= 11 is 0. The first-order chi connectivity index (χ1) is 13.3. The summed E-state index contributed by atoms with van der Waals surface area (Å²) < 4.78 is 0. The summed E-state index contributed by atoms with van der Waals surface area (Å²) in [6.07, 6.45) is 11.1. The molecular formula is C29H34Y2-4. The quantitative estimate of drug-likeness (QED) is 0.274. The molecule has 1 aliphatic carbocycles. The van der Waals surface area contributed by atoms with Crippen LogP contribution in [0.1, 0.15) is 53.5 Å². The first-order valence-corrected chi connectivity index (χ1v) is 10.3. The van der Waals surface area contributed by atoms with Crippen LogP contribution in [0.3, 0.4) is 0 Å². The van der Waals surface area contributed by atoms with E-state index in [1.165, 1.54) is 59.9 Å². The smallest absolute Gasteiger partial charge is 0 e. The van der Waals surface area contributed by atoms with E-state index in [0.717, 1.165) is 18.8 Å². The fourth-order valence-corrected chi connectivity index (χ4v) is 4.11. The molecule has 0 amide bonds. The van der Waals surface area contributed by atoms with E-state index in [-0.39, 0.29) is 80.3 Å². The molecule has 3 aromatic rings. The maximum Gasteiger partial charge on any atom is 0 e. The van der Waals surface area contributed by atoms with Crippen LogP contribution in [0.4, 0.5) is 0 Å².